The van der Waals surface area contributed by atoms with Gasteiger partial charge in [-0.2, -0.15) is 0 Å². The third kappa shape index (κ3) is 3.49. The molecule has 4 N–H and O–H groups in total. The molecule has 0 aliphatic carbocycles. The molecule has 32 heavy (non-hydrogen) atoms. The number of carbonyl (C=O) groups is 2. The second-order valence-corrected chi connectivity index (χ2v) is 7.64. The first kappa shape index (κ1) is 20.2. The lowest BCUT2D eigenvalue weighted by Crippen LogP contribution is -2.38. The smallest absolute Gasteiger partial charge is 0.342 e. The summed E-state index contributed by atoms with van der Waals surface area (Å²) in [5, 5.41) is 19.9. The molecule has 1 fully saturated rings. The van der Waals surface area contributed by atoms with E-state index in [0.717, 1.165) is 16.9 Å². The summed E-state index contributed by atoms with van der Waals surface area (Å²) in [6.45, 7) is 0. The van der Waals surface area contributed by atoms with Crippen molar-refractivity contribution in [3.8, 4) is 0 Å². The molecule has 0 bridgehead atoms. The van der Waals surface area contributed by atoms with Gasteiger partial charge in [0, 0.05) is 12.8 Å². The molecule has 10 heteroatoms. The molecule has 0 radical (unpaired) electrons. The highest BCUT2D eigenvalue weighted by Crippen LogP contribution is 2.35. The van der Waals surface area contributed by atoms with Gasteiger partial charge in [0.1, 0.15) is 5.82 Å². The number of nitrogens with zero attached hydrogens (tertiary/aromatic N) is 2. The third-order valence-electron chi connectivity index (χ3n) is 5.42. The molecule has 2 aromatic heterocycles. The standard InChI is InChI=1S/C22H20N4O6/c27-17-18(28)20(30)32-22(31-19(17)29,21-25-14-8-3-4-9-15(14)26-21)11-5-10-16-23-12-6-1-2-7-13(12)24-16/h1-4,6-9,17-18,27-28H,5,10-11H2,(H,23,24)(H,25,26). The van der Waals surface area contributed by atoms with Crippen molar-refractivity contribution in [2.24, 2.45) is 0 Å². The van der Waals surface area contributed by atoms with E-state index in [4.69, 9.17) is 9.47 Å². The van der Waals surface area contributed by atoms with Crippen molar-refractivity contribution in [3.05, 3.63) is 60.2 Å². The predicted molar refractivity (Wildman–Crippen MR) is 111 cm³/mol. The van der Waals surface area contributed by atoms with Crippen LogP contribution in [0.1, 0.15) is 24.5 Å². The van der Waals surface area contributed by atoms with Crippen LogP contribution in [-0.2, 0) is 31.3 Å². The molecule has 1 aliphatic heterocycles. The minimum Gasteiger partial charge on any atom is -0.413 e. The van der Waals surface area contributed by atoms with E-state index in [9.17, 15) is 19.8 Å². The second-order valence-electron chi connectivity index (χ2n) is 7.64. The van der Waals surface area contributed by atoms with Gasteiger partial charge in [0.2, 0.25) is 0 Å². The lowest BCUT2D eigenvalue weighted by Gasteiger charge is -2.29. The number of aliphatic hydroxyl groups is 2. The molecule has 1 saturated heterocycles. The number of aromatic nitrogens is 4. The zero-order valence-corrected chi connectivity index (χ0v) is 16.8. The Hall–Kier alpha value is -3.76. The first-order chi connectivity index (χ1) is 15.4. The van der Waals surface area contributed by atoms with Crippen molar-refractivity contribution in [2.75, 3.05) is 0 Å². The average molecular weight is 436 g/mol. The number of esters is 2. The van der Waals surface area contributed by atoms with Crippen LogP contribution in [-0.4, -0.2) is 54.3 Å². The van der Waals surface area contributed by atoms with E-state index in [2.05, 4.69) is 19.9 Å². The fraction of sp³-hybridized carbons (Fsp3) is 0.273. The summed E-state index contributed by atoms with van der Waals surface area (Å²) in [6, 6.07) is 14.7. The Morgan fingerprint density at radius 3 is 2.00 bits per heavy atom. The van der Waals surface area contributed by atoms with E-state index < -0.39 is 29.9 Å². The van der Waals surface area contributed by atoms with Gasteiger partial charge in [-0.1, -0.05) is 24.3 Å². The molecule has 2 aromatic carbocycles. The summed E-state index contributed by atoms with van der Waals surface area (Å²) in [4.78, 5) is 40.0. The number of aliphatic hydroxyl groups excluding tert-OH is 2. The number of para-hydroxylation sites is 4. The predicted octanol–water partition coefficient (Wildman–Crippen LogP) is 1.44. The monoisotopic (exact) mass is 436 g/mol. The molecule has 3 heterocycles. The average Bonchev–Trinajstić information content (AvgIpc) is 3.39. The van der Waals surface area contributed by atoms with Crippen LogP contribution in [0.3, 0.4) is 0 Å². The number of H-pyrrole nitrogens is 2. The number of imidazole rings is 2. The first-order valence-corrected chi connectivity index (χ1v) is 10.2. The molecule has 2 unspecified atom stereocenters. The largest absolute Gasteiger partial charge is 0.413 e. The molecule has 10 nitrogen and oxygen atoms in total. The number of benzene rings is 2. The minimum atomic E-state index is -2.05. The number of hydrogen-bond acceptors (Lipinski definition) is 8. The highest BCUT2D eigenvalue weighted by atomic mass is 16.7. The maximum atomic E-state index is 12.4. The van der Waals surface area contributed by atoms with Gasteiger partial charge < -0.3 is 29.7 Å². The topological polar surface area (TPSA) is 150 Å². The van der Waals surface area contributed by atoms with Crippen LogP contribution in [0.25, 0.3) is 22.1 Å². The first-order valence-electron chi connectivity index (χ1n) is 10.2. The zero-order chi connectivity index (χ0) is 22.3. The summed E-state index contributed by atoms with van der Waals surface area (Å²) in [5.41, 5.74) is 2.95. The maximum absolute atomic E-state index is 12.4. The second kappa shape index (κ2) is 7.74. The Morgan fingerprint density at radius 2 is 1.41 bits per heavy atom. The number of rotatable bonds is 5. The molecule has 5 rings (SSSR count). The van der Waals surface area contributed by atoms with E-state index in [-0.39, 0.29) is 12.2 Å². The quantitative estimate of drug-likeness (QED) is 0.343. The molecular formula is C22H20N4O6. The highest BCUT2D eigenvalue weighted by Gasteiger charge is 2.51. The van der Waals surface area contributed by atoms with Gasteiger partial charge in [0.05, 0.1) is 22.1 Å². The fourth-order valence-electron chi connectivity index (χ4n) is 3.79. The van der Waals surface area contributed by atoms with Crippen LogP contribution in [0, 0.1) is 0 Å². The molecule has 0 saturated carbocycles. The summed E-state index contributed by atoms with van der Waals surface area (Å²) in [5.74, 6) is -3.47. The number of carbonyl (C=O) groups excluding carboxylic acids is 2. The van der Waals surface area contributed by atoms with Crippen LogP contribution < -0.4 is 0 Å². The fourth-order valence-corrected chi connectivity index (χ4v) is 3.79. The number of aryl methyl sites for hydroxylation is 1. The number of hydrogen-bond donors (Lipinski definition) is 4. The van der Waals surface area contributed by atoms with Gasteiger partial charge in [0.25, 0.3) is 0 Å². The number of fused-ring (bicyclic) bond motifs is 2. The number of cyclic esters (lactones) is 2. The minimum absolute atomic E-state index is 0.0286. The van der Waals surface area contributed by atoms with Crippen LogP contribution in [0.2, 0.25) is 0 Å². The van der Waals surface area contributed by atoms with Crippen LogP contribution >= 0.6 is 0 Å². The summed E-state index contributed by atoms with van der Waals surface area (Å²) in [7, 11) is 0. The zero-order valence-electron chi connectivity index (χ0n) is 16.8. The van der Waals surface area contributed by atoms with Gasteiger partial charge in [-0.25, -0.2) is 19.6 Å². The van der Waals surface area contributed by atoms with Crippen molar-refractivity contribution in [1.82, 2.24) is 19.9 Å². The molecular weight excluding hydrogens is 416 g/mol. The third-order valence-corrected chi connectivity index (χ3v) is 5.42. The molecule has 0 spiro atoms. The summed E-state index contributed by atoms with van der Waals surface area (Å²) in [6.07, 6.45) is -3.21. The molecule has 0 amide bonds. The Morgan fingerprint density at radius 1 is 0.844 bits per heavy atom. The Bertz CT molecular complexity index is 1220. The Balaban J connectivity index is 1.47. The van der Waals surface area contributed by atoms with Crippen LogP contribution in [0.4, 0.5) is 0 Å². The lowest BCUT2D eigenvalue weighted by molar-refractivity contribution is -0.236. The van der Waals surface area contributed by atoms with Gasteiger partial charge in [0.15, 0.2) is 18.0 Å². The molecule has 2 atom stereocenters. The van der Waals surface area contributed by atoms with Crippen molar-refractivity contribution in [2.45, 2.75) is 37.3 Å². The number of aromatic amines is 2. The number of ether oxygens (including phenoxy) is 2. The number of nitrogens with one attached hydrogen (secondary N) is 2. The van der Waals surface area contributed by atoms with Gasteiger partial charge in [-0.3, -0.25) is 0 Å². The highest BCUT2D eigenvalue weighted by molar-refractivity contribution is 5.87. The molecule has 1 aliphatic rings. The van der Waals surface area contributed by atoms with Gasteiger partial charge >= 0.3 is 17.7 Å². The van der Waals surface area contributed by atoms with Crippen molar-refractivity contribution in [3.63, 3.8) is 0 Å². The lowest BCUT2D eigenvalue weighted by atomic mass is 10.1. The van der Waals surface area contributed by atoms with E-state index in [1.165, 1.54) is 0 Å². The van der Waals surface area contributed by atoms with Crippen molar-refractivity contribution >= 4 is 34.0 Å². The normalized spacial score (nSPS) is 23.8. The van der Waals surface area contributed by atoms with E-state index in [1.807, 2.05) is 24.3 Å². The van der Waals surface area contributed by atoms with Crippen molar-refractivity contribution in [1.29, 1.82) is 0 Å². The maximum Gasteiger partial charge on any atom is 0.342 e. The van der Waals surface area contributed by atoms with Crippen LogP contribution in [0.15, 0.2) is 48.5 Å². The van der Waals surface area contributed by atoms with Gasteiger partial charge in [-0.15, -0.1) is 0 Å². The van der Waals surface area contributed by atoms with Crippen LogP contribution in [0.5, 0.6) is 0 Å². The SMILES string of the molecule is O=C1OC(CCCc2nc3ccccc3[nH]2)(c2nc3ccccc3[nH]2)OC(=O)C(O)C1O. The van der Waals surface area contributed by atoms with E-state index in [1.54, 1.807) is 24.3 Å². The molecule has 164 valence electrons. The van der Waals surface area contributed by atoms with E-state index >= 15 is 0 Å². The van der Waals surface area contributed by atoms with Crippen molar-refractivity contribution < 1.29 is 29.3 Å². The van der Waals surface area contributed by atoms with E-state index in [0.29, 0.717) is 23.9 Å². The Labute approximate surface area is 181 Å². The van der Waals surface area contributed by atoms with Gasteiger partial charge in [-0.05, 0) is 30.7 Å². The summed E-state index contributed by atoms with van der Waals surface area (Å²) < 4.78 is 10.9. The summed E-state index contributed by atoms with van der Waals surface area (Å²) >= 11 is 0. The Kier molecular flexibility index (Phi) is 4.87. The molecule has 4 aromatic rings.